The van der Waals surface area contributed by atoms with Crippen LogP contribution in [0.1, 0.15) is 38.3 Å². The number of H-pyrrole nitrogens is 1. The number of rotatable bonds is 5. The fourth-order valence-corrected chi connectivity index (χ4v) is 4.37. The van der Waals surface area contributed by atoms with Gasteiger partial charge >= 0.3 is 0 Å². The zero-order valence-corrected chi connectivity index (χ0v) is 13.3. The lowest BCUT2D eigenvalue weighted by atomic mass is 9.87. The molecule has 1 aromatic rings. The monoisotopic (exact) mass is 299 g/mol. The van der Waals surface area contributed by atoms with Crippen molar-refractivity contribution in [3.8, 4) is 0 Å². The van der Waals surface area contributed by atoms with E-state index in [-0.39, 0.29) is 6.04 Å². The van der Waals surface area contributed by atoms with Gasteiger partial charge in [0, 0.05) is 31.5 Å². The summed E-state index contributed by atoms with van der Waals surface area (Å²) >= 11 is 0. The van der Waals surface area contributed by atoms with E-state index in [1.54, 1.807) is 23.6 Å². The SMILES string of the molecule is CNCc1cc(S(=O)(=O)N(C)C2CCCC(C)C2)c[nH]1. The largest absolute Gasteiger partial charge is 0.363 e. The minimum absolute atomic E-state index is 0.131. The number of hydrogen-bond donors (Lipinski definition) is 2. The first-order valence-electron chi connectivity index (χ1n) is 7.25. The van der Waals surface area contributed by atoms with Crippen LogP contribution in [0.2, 0.25) is 0 Å². The molecule has 2 atom stereocenters. The molecule has 6 heteroatoms. The summed E-state index contributed by atoms with van der Waals surface area (Å²) in [5.41, 5.74) is 0.886. The Hall–Kier alpha value is -0.850. The minimum atomic E-state index is -3.39. The van der Waals surface area contributed by atoms with Crippen LogP contribution >= 0.6 is 0 Å². The molecule has 0 bridgehead atoms. The maximum atomic E-state index is 12.6. The van der Waals surface area contributed by atoms with Gasteiger partial charge in [-0.3, -0.25) is 0 Å². The Morgan fingerprint density at radius 2 is 2.20 bits per heavy atom. The van der Waals surface area contributed by atoms with Crippen molar-refractivity contribution in [2.45, 2.75) is 50.1 Å². The van der Waals surface area contributed by atoms with Crippen LogP contribution in [0.25, 0.3) is 0 Å². The highest BCUT2D eigenvalue weighted by Gasteiger charge is 2.31. The molecule has 1 aromatic heterocycles. The Balaban J connectivity index is 2.15. The smallest absolute Gasteiger partial charge is 0.244 e. The van der Waals surface area contributed by atoms with Crippen LogP contribution in [-0.2, 0) is 16.6 Å². The highest BCUT2D eigenvalue weighted by atomic mass is 32.2. The zero-order chi connectivity index (χ0) is 14.8. The predicted molar refractivity (Wildman–Crippen MR) is 79.9 cm³/mol. The fraction of sp³-hybridized carbons (Fsp3) is 0.714. The molecule has 20 heavy (non-hydrogen) atoms. The summed E-state index contributed by atoms with van der Waals surface area (Å²) in [7, 11) is 0.164. The van der Waals surface area contributed by atoms with Crippen molar-refractivity contribution in [3.05, 3.63) is 18.0 Å². The van der Waals surface area contributed by atoms with Crippen LogP contribution in [-0.4, -0.2) is 37.8 Å². The Morgan fingerprint density at radius 1 is 1.45 bits per heavy atom. The second-order valence-corrected chi connectivity index (χ2v) is 7.84. The van der Waals surface area contributed by atoms with E-state index in [1.165, 1.54) is 6.42 Å². The average molecular weight is 299 g/mol. The van der Waals surface area contributed by atoms with Crippen LogP contribution < -0.4 is 5.32 Å². The van der Waals surface area contributed by atoms with E-state index < -0.39 is 10.0 Å². The quantitative estimate of drug-likeness (QED) is 0.873. The summed E-state index contributed by atoms with van der Waals surface area (Å²) in [6, 6.07) is 1.85. The van der Waals surface area contributed by atoms with Crippen LogP contribution in [0.5, 0.6) is 0 Å². The predicted octanol–water partition coefficient (Wildman–Crippen LogP) is 1.93. The number of aromatic amines is 1. The van der Waals surface area contributed by atoms with Crippen molar-refractivity contribution in [1.82, 2.24) is 14.6 Å². The molecule has 1 heterocycles. The molecule has 0 saturated heterocycles. The summed E-state index contributed by atoms with van der Waals surface area (Å²) < 4.78 is 26.8. The maximum absolute atomic E-state index is 12.6. The van der Waals surface area contributed by atoms with Gasteiger partial charge in [0.15, 0.2) is 0 Å². The van der Waals surface area contributed by atoms with Gasteiger partial charge in [0.05, 0.1) is 4.90 Å². The molecule has 2 unspecified atom stereocenters. The summed E-state index contributed by atoms with van der Waals surface area (Å²) in [6.07, 6.45) is 5.84. The highest BCUT2D eigenvalue weighted by molar-refractivity contribution is 7.89. The van der Waals surface area contributed by atoms with Crippen molar-refractivity contribution in [2.75, 3.05) is 14.1 Å². The standard InChI is InChI=1S/C14H25N3O2S/c1-11-5-4-6-13(7-11)17(3)20(18,19)14-8-12(9-15-2)16-10-14/h8,10-11,13,15-16H,4-7,9H2,1-3H3. The van der Waals surface area contributed by atoms with Crippen molar-refractivity contribution < 1.29 is 8.42 Å². The molecule has 1 aliphatic rings. The summed E-state index contributed by atoms with van der Waals surface area (Å²) in [4.78, 5) is 3.38. The molecule has 0 aromatic carbocycles. The third-order valence-electron chi connectivity index (χ3n) is 4.18. The van der Waals surface area contributed by atoms with Gasteiger partial charge in [-0.05, 0) is 31.9 Å². The maximum Gasteiger partial charge on any atom is 0.244 e. The third kappa shape index (κ3) is 3.24. The van der Waals surface area contributed by atoms with Crippen LogP contribution in [0.15, 0.2) is 17.2 Å². The van der Waals surface area contributed by atoms with Crippen molar-refractivity contribution in [1.29, 1.82) is 0 Å². The molecule has 0 radical (unpaired) electrons. The first-order chi connectivity index (χ1) is 9.45. The Labute approximate surface area is 121 Å². The molecular formula is C14H25N3O2S. The van der Waals surface area contributed by atoms with Crippen molar-refractivity contribution in [2.24, 2.45) is 5.92 Å². The molecule has 1 aliphatic carbocycles. The first kappa shape index (κ1) is 15.5. The molecule has 0 aliphatic heterocycles. The molecular weight excluding hydrogens is 274 g/mol. The van der Waals surface area contributed by atoms with Crippen LogP contribution in [0.4, 0.5) is 0 Å². The van der Waals surface area contributed by atoms with Gasteiger partial charge in [0.2, 0.25) is 10.0 Å². The van der Waals surface area contributed by atoms with E-state index in [2.05, 4.69) is 17.2 Å². The van der Waals surface area contributed by atoms with Crippen molar-refractivity contribution in [3.63, 3.8) is 0 Å². The second-order valence-electron chi connectivity index (χ2n) is 5.84. The second kappa shape index (κ2) is 6.28. The van der Waals surface area contributed by atoms with E-state index in [4.69, 9.17) is 0 Å². The number of hydrogen-bond acceptors (Lipinski definition) is 3. The van der Waals surface area contributed by atoms with Gasteiger partial charge in [0.25, 0.3) is 0 Å². The molecule has 2 N–H and O–H groups in total. The first-order valence-corrected chi connectivity index (χ1v) is 8.69. The number of sulfonamides is 1. The molecule has 0 spiro atoms. The normalized spacial score (nSPS) is 24.2. The van der Waals surface area contributed by atoms with Gasteiger partial charge in [-0.2, -0.15) is 4.31 Å². The summed E-state index contributed by atoms with van der Waals surface area (Å²) in [6.45, 7) is 2.84. The van der Waals surface area contributed by atoms with Gasteiger partial charge in [-0.1, -0.05) is 19.8 Å². The lowest BCUT2D eigenvalue weighted by Gasteiger charge is -2.33. The van der Waals surface area contributed by atoms with Gasteiger partial charge in [-0.15, -0.1) is 0 Å². The fourth-order valence-electron chi connectivity index (χ4n) is 2.96. The summed E-state index contributed by atoms with van der Waals surface area (Å²) in [5.74, 6) is 0.609. The van der Waals surface area contributed by atoms with E-state index in [9.17, 15) is 8.42 Å². The molecule has 114 valence electrons. The molecule has 5 nitrogen and oxygen atoms in total. The Kier molecular flexibility index (Phi) is 4.88. The van der Waals surface area contributed by atoms with Crippen LogP contribution in [0, 0.1) is 5.92 Å². The number of nitrogens with zero attached hydrogens (tertiary/aromatic N) is 1. The van der Waals surface area contributed by atoms with E-state index in [1.807, 2.05) is 7.05 Å². The molecule has 0 amide bonds. The Bertz CT molecular complexity index is 538. The molecule has 1 saturated carbocycles. The van der Waals surface area contributed by atoms with Gasteiger partial charge in [-0.25, -0.2) is 8.42 Å². The highest BCUT2D eigenvalue weighted by Crippen LogP contribution is 2.29. The van der Waals surface area contributed by atoms with Gasteiger partial charge in [0.1, 0.15) is 0 Å². The van der Waals surface area contributed by atoms with Crippen LogP contribution in [0.3, 0.4) is 0 Å². The lowest BCUT2D eigenvalue weighted by Crippen LogP contribution is -2.39. The van der Waals surface area contributed by atoms with E-state index >= 15 is 0 Å². The lowest BCUT2D eigenvalue weighted by molar-refractivity contribution is 0.239. The number of aromatic nitrogens is 1. The van der Waals surface area contributed by atoms with E-state index in [0.717, 1.165) is 25.0 Å². The van der Waals surface area contributed by atoms with Gasteiger partial charge < -0.3 is 10.3 Å². The third-order valence-corrected chi connectivity index (χ3v) is 6.07. The Morgan fingerprint density at radius 3 is 2.85 bits per heavy atom. The topological polar surface area (TPSA) is 65.2 Å². The average Bonchev–Trinajstić information content (AvgIpc) is 2.87. The minimum Gasteiger partial charge on any atom is -0.363 e. The van der Waals surface area contributed by atoms with Crippen molar-refractivity contribution >= 4 is 10.0 Å². The number of nitrogens with one attached hydrogen (secondary N) is 2. The molecule has 1 fully saturated rings. The zero-order valence-electron chi connectivity index (χ0n) is 12.5. The molecule has 2 rings (SSSR count). The summed E-state index contributed by atoms with van der Waals surface area (Å²) in [5, 5.41) is 3.01. The van der Waals surface area contributed by atoms with E-state index in [0.29, 0.717) is 17.4 Å².